The Morgan fingerprint density at radius 2 is 1.80 bits per heavy atom. The van der Waals surface area contributed by atoms with Gasteiger partial charge in [0.25, 0.3) is 5.91 Å². The van der Waals surface area contributed by atoms with E-state index >= 15 is 0 Å². The number of likely N-dealkylation sites (tertiary alicyclic amines) is 1. The first-order valence-corrected chi connectivity index (χ1v) is 15.0. The highest BCUT2D eigenvalue weighted by atomic mass is 32.2. The molecule has 4 N–H and O–H groups in total. The number of hydrogen-bond donors (Lipinski definition) is 3. The van der Waals surface area contributed by atoms with Gasteiger partial charge in [-0.2, -0.15) is 0 Å². The Kier molecular flexibility index (Phi) is 7.32. The highest BCUT2D eigenvalue weighted by Crippen LogP contribution is 2.47. The normalized spacial score (nSPS) is 18.0. The van der Waals surface area contributed by atoms with E-state index in [-0.39, 0.29) is 32.0 Å². The van der Waals surface area contributed by atoms with Crippen LogP contribution in [0.2, 0.25) is 0 Å². The number of nitrogen functional groups attached to an aromatic ring is 1. The molecule has 3 aliphatic rings. The van der Waals surface area contributed by atoms with E-state index in [1.807, 2.05) is 54.6 Å². The number of rotatable bonds is 6. The van der Waals surface area contributed by atoms with Crippen LogP contribution in [-0.2, 0) is 25.6 Å². The molecule has 11 nitrogen and oxygen atoms in total. The summed E-state index contributed by atoms with van der Waals surface area (Å²) < 4.78 is 17.7. The van der Waals surface area contributed by atoms with Gasteiger partial charge in [-0.15, -0.1) is 0 Å². The van der Waals surface area contributed by atoms with Gasteiger partial charge in [0.05, 0.1) is 36.1 Å². The number of fused-ring (bicyclic) bond motifs is 3. The molecule has 0 saturated carbocycles. The molecule has 1 atom stereocenters. The van der Waals surface area contributed by atoms with Crippen LogP contribution >= 0.6 is 11.8 Å². The first-order valence-electron chi connectivity index (χ1n) is 14.2. The molecular weight excluding hydrogens is 582 g/mol. The molecule has 44 heavy (non-hydrogen) atoms. The fourth-order valence-electron chi connectivity index (χ4n) is 5.73. The smallest absolute Gasteiger partial charge is 0.251 e. The molecule has 224 valence electrons. The number of aromatic nitrogens is 1. The van der Waals surface area contributed by atoms with Gasteiger partial charge < -0.3 is 35.5 Å². The Morgan fingerprint density at radius 3 is 2.66 bits per heavy atom. The predicted octanol–water partition coefficient (Wildman–Crippen LogP) is 3.46. The van der Waals surface area contributed by atoms with Crippen LogP contribution in [0, 0.1) is 0 Å². The lowest BCUT2D eigenvalue weighted by Crippen LogP contribution is -2.49. The molecule has 3 amide bonds. The largest absolute Gasteiger partial charge is 0.455 e. The Labute approximate surface area is 257 Å². The van der Waals surface area contributed by atoms with E-state index in [0.717, 1.165) is 31.9 Å². The third-order valence-electron chi connectivity index (χ3n) is 7.95. The molecule has 2 saturated heterocycles. The quantitative estimate of drug-likeness (QED) is 0.263. The predicted molar refractivity (Wildman–Crippen MR) is 162 cm³/mol. The van der Waals surface area contributed by atoms with Gasteiger partial charge in [0.15, 0.2) is 5.79 Å². The number of pyridine rings is 1. The van der Waals surface area contributed by atoms with Crippen LogP contribution < -0.4 is 21.1 Å². The molecule has 0 bridgehead atoms. The van der Waals surface area contributed by atoms with Crippen LogP contribution in [0.1, 0.15) is 22.3 Å². The maximum Gasteiger partial charge on any atom is 0.251 e. The summed E-state index contributed by atoms with van der Waals surface area (Å²) in [7, 11) is 0. The molecule has 0 radical (unpaired) electrons. The zero-order valence-corrected chi connectivity index (χ0v) is 24.4. The van der Waals surface area contributed by atoms with Gasteiger partial charge in [-0.05, 0) is 53.4 Å². The van der Waals surface area contributed by atoms with Crippen molar-refractivity contribution < 1.29 is 28.6 Å². The molecule has 2 fully saturated rings. The molecular formula is C32H29N5O6S. The van der Waals surface area contributed by atoms with Gasteiger partial charge >= 0.3 is 0 Å². The topological polar surface area (TPSA) is 145 Å². The number of nitrogens with two attached hydrogens (primary N) is 1. The molecule has 7 rings (SSSR count). The molecule has 0 unspecified atom stereocenters. The van der Waals surface area contributed by atoms with Crippen molar-refractivity contribution in [1.82, 2.24) is 20.5 Å². The summed E-state index contributed by atoms with van der Waals surface area (Å²) in [6.45, 7) is 0.772. The van der Waals surface area contributed by atoms with Crippen LogP contribution in [0.5, 0.6) is 11.5 Å². The van der Waals surface area contributed by atoms with Gasteiger partial charge in [0.2, 0.25) is 11.8 Å². The van der Waals surface area contributed by atoms with Gasteiger partial charge in [-0.25, -0.2) is 4.98 Å². The number of hydrogen-bond acceptors (Lipinski definition) is 9. The first-order chi connectivity index (χ1) is 21.4. The third kappa shape index (κ3) is 5.43. The highest BCUT2D eigenvalue weighted by Gasteiger charge is 2.52. The minimum absolute atomic E-state index is 0.0846. The SMILES string of the molecule is Nc1nccc2ccc(CNC(=O)[C@@H]3CC4(CN3C(=O)CNC(=O)c3ccc5c(c3)Oc3ccccc3S5)OCCO4)cc12. The second kappa shape index (κ2) is 11.5. The molecule has 3 aromatic carbocycles. The zero-order chi connectivity index (χ0) is 30.3. The number of para-hydroxylation sites is 1. The van der Waals surface area contributed by atoms with Crippen LogP contribution in [0.25, 0.3) is 10.8 Å². The monoisotopic (exact) mass is 611 g/mol. The molecule has 12 heteroatoms. The van der Waals surface area contributed by atoms with E-state index in [1.54, 1.807) is 30.1 Å². The molecule has 1 spiro atoms. The van der Waals surface area contributed by atoms with E-state index in [9.17, 15) is 14.4 Å². The second-order valence-electron chi connectivity index (χ2n) is 10.8. The second-order valence-corrected chi connectivity index (χ2v) is 11.9. The molecule has 0 aliphatic carbocycles. The Bertz CT molecular complexity index is 1790. The van der Waals surface area contributed by atoms with Gasteiger partial charge in [0.1, 0.15) is 23.4 Å². The van der Waals surface area contributed by atoms with E-state index in [2.05, 4.69) is 15.6 Å². The lowest BCUT2D eigenvalue weighted by Gasteiger charge is -2.24. The average molecular weight is 612 g/mol. The fraction of sp³-hybridized carbons (Fsp3) is 0.250. The van der Waals surface area contributed by atoms with Crippen LogP contribution in [0.4, 0.5) is 5.82 Å². The number of amides is 3. The van der Waals surface area contributed by atoms with Crippen molar-refractivity contribution in [3.05, 3.63) is 84.1 Å². The van der Waals surface area contributed by atoms with Crippen LogP contribution in [0.15, 0.2) is 82.7 Å². The zero-order valence-electron chi connectivity index (χ0n) is 23.6. The van der Waals surface area contributed by atoms with Crippen LogP contribution in [0.3, 0.4) is 0 Å². The number of anilines is 1. The van der Waals surface area contributed by atoms with Gasteiger partial charge in [0, 0.05) is 30.1 Å². The summed E-state index contributed by atoms with van der Waals surface area (Å²) in [6.07, 6.45) is 1.84. The minimum atomic E-state index is -1.05. The van der Waals surface area contributed by atoms with Crippen molar-refractivity contribution in [3.8, 4) is 11.5 Å². The number of nitrogens with zero attached hydrogens (tertiary/aromatic N) is 2. The van der Waals surface area contributed by atoms with Crippen molar-refractivity contribution in [3.63, 3.8) is 0 Å². The van der Waals surface area contributed by atoms with Crippen molar-refractivity contribution in [1.29, 1.82) is 0 Å². The Morgan fingerprint density at radius 1 is 0.977 bits per heavy atom. The van der Waals surface area contributed by atoms with E-state index in [4.69, 9.17) is 19.9 Å². The Balaban J connectivity index is 1.01. The summed E-state index contributed by atoms with van der Waals surface area (Å²) in [5.41, 5.74) is 7.22. The fourth-order valence-corrected chi connectivity index (χ4v) is 6.66. The van der Waals surface area contributed by atoms with E-state index in [1.165, 1.54) is 4.90 Å². The summed E-state index contributed by atoms with van der Waals surface area (Å²) in [5.74, 6) is -0.525. The molecule has 4 aromatic rings. The number of ether oxygens (including phenoxy) is 3. The summed E-state index contributed by atoms with van der Waals surface area (Å²) in [6, 6.07) is 19.6. The third-order valence-corrected chi connectivity index (χ3v) is 9.07. The number of nitrogens with one attached hydrogen (secondary N) is 2. The highest BCUT2D eigenvalue weighted by molar-refractivity contribution is 7.99. The number of benzene rings is 3. The summed E-state index contributed by atoms with van der Waals surface area (Å²) in [5, 5.41) is 7.38. The lowest BCUT2D eigenvalue weighted by atomic mass is 10.1. The Hall–Kier alpha value is -4.65. The average Bonchev–Trinajstić information content (AvgIpc) is 3.67. The maximum absolute atomic E-state index is 13.4. The van der Waals surface area contributed by atoms with Crippen molar-refractivity contribution in [2.45, 2.75) is 34.6 Å². The number of carbonyl (C=O) groups is 3. The first kappa shape index (κ1) is 28.1. The van der Waals surface area contributed by atoms with Crippen LogP contribution in [-0.4, -0.2) is 65.7 Å². The summed E-state index contributed by atoms with van der Waals surface area (Å²) in [4.78, 5) is 47.4. The van der Waals surface area contributed by atoms with E-state index < -0.39 is 23.6 Å². The molecule has 4 heterocycles. The lowest BCUT2D eigenvalue weighted by molar-refractivity contribution is -0.152. The van der Waals surface area contributed by atoms with Crippen molar-refractivity contribution in [2.24, 2.45) is 0 Å². The van der Waals surface area contributed by atoms with Gasteiger partial charge in [-0.1, -0.05) is 36.0 Å². The minimum Gasteiger partial charge on any atom is -0.455 e. The molecule has 1 aromatic heterocycles. The van der Waals surface area contributed by atoms with Crippen molar-refractivity contribution >= 4 is 46.1 Å². The number of carbonyl (C=O) groups excluding carboxylic acids is 3. The van der Waals surface area contributed by atoms with Crippen molar-refractivity contribution in [2.75, 3.05) is 32.0 Å². The maximum atomic E-state index is 13.4. The standard InChI is InChI=1S/C32H29N5O6S/c33-29-22-13-19(5-6-20(22)9-10-34-29)16-35-31(40)23-15-32(41-11-12-42-32)18-37(23)28(38)17-36-30(39)21-7-8-27-25(14-21)43-24-3-1-2-4-26(24)44-27/h1-10,13-14,23H,11-12,15-18H2,(H2,33,34)(H,35,40)(H,36,39)/t23-/m0/s1. The summed E-state index contributed by atoms with van der Waals surface area (Å²) >= 11 is 1.57. The molecule has 3 aliphatic heterocycles. The van der Waals surface area contributed by atoms with E-state index in [0.29, 0.717) is 30.3 Å². The van der Waals surface area contributed by atoms with Gasteiger partial charge in [-0.3, -0.25) is 14.4 Å².